The van der Waals surface area contributed by atoms with Crippen molar-refractivity contribution in [1.82, 2.24) is 19.8 Å². The van der Waals surface area contributed by atoms with Gasteiger partial charge in [0.1, 0.15) is 16.3 Å². The summed E-state index contributed by atoms with van der Waals surface area (Å²) in [6, 6.07) is 8.53. The number of ketones is 1. The van der Waals surface area contributed by atoms with E-state index in [4.69, 9.17) is 4.42 Å². The van der Waals surface area contributed by atoms with Gasteiger partial charge in [0.25, 0.3) is 0 Å². The Labute approximate surface area is 182 Å². The molecule has 3 aromatic rings. The van der Waals surface area contributed by atoms with E-state index in [0.717, 1.165) is 11.3 Å². The number of aromatic nitrogens is 2. The SMILES string of the molecule is CC(=O)N1CCN(CC(=O)Nc2nc(-c3ccco3)c(C(=O)c3ccccn3)s2)CC1. The van der Waals surface area contributed by atoms with E-state index in [9.17, 15) is 14.4 Å². The molecule has 4 heterocycles. The van der Waals surface area contributed by atoms with Gasteiger partial charge in [-0.3, -0.25) is 24.3 Å². The third-order valence-electron chi connectivity index (χ3n) is 4.92. The topological polar surface area (TPSA) is 109 Å². The second-order valence-corrected chi connectivity index (χ2v) is 8.05. The van der Waals surface area contributed by atoms with Crippen LogP contribution in [0.5, 0.6) is 0 Å². The van der Waals surface area contributed by atoms with Crippen molar-refractivity contribution in [3.63, 3.8) is 0 Å². The van der Waals surface area contributed by atoms with E-state index < -0.39 is 0 Å². The summed E-state index contributed by atoms with van der Waals surface area (Å²) in [5.41, 5.74) is 0.663. The molecule has 0 radical (unpaired) electrons. The van der Waals surface area contributed by atoms with Gasteiger partial charge in [0, 0.05) is 39.3 Å². The highest BCUT2D eigenvalue weighted by atomic mass is 32.1. The van der Waals surface area contributed by atoms with Gasteiger partial charge in [-0.15, -0.1) is 0 Å². The Morgan fingerprint density at radius 3 is 2.58 bits per heavy atom. The monoisotopic (exact) mass is 439 g/mol. The molecule has 10 heteroatoms. The molecule has 1 aliphatic rings. The van der Waals surface area contributed by atoms with Crippen LogP contribution in [0.3, 0.4) is 0 Å². The van der Waals surface area contributed by atoms with Crippen LogP contribution >= 0.6 is 11.3 Å². The van der Waals surface area contributed by atoms with Crippen LogP contribution in [0.1, 0.15) is 22.3 Å². The number of pyridine rings is 1. The predicted molar refractivity (Wildman–Crippen MR) is 115 cm³/mol. The number of piperazine rings is 1. The van der Waals surface area contributed by atoms with Crippen LogP contribution in [-0.4, -0.2) is 70.1 Å². The molecule has 160 valence electrons. The van der Waals surface area contributed by atoms with E-state index in [-0.39, 0.29) is 24.1 Å². The van der Waals surface area contributed by atoms with Gasteiger partial charge >= 0.3 is 0 Å². The molecule has 0 saturated carbocycles. The molecule has 0 aromatic carbocycles. The Hall–Kier alpha value is -3.37. The van der Waals surface area contributed by atoms with Crippen LogP contribution in [0.4, 0.5) is 5.13 Å². The molecule has 1 N–H and O–H groups in total. The smallest absolute Gasteiger partial charge is 0.240 e. The number of amides is 2. The minimum Gasteiger partial charge on any atom is -0.463 e. The van der Waals surface area contributed by atoms with E-state index >= 15 is 0 Å². The Bertz CT molecular complexity index is 1070. The van der Waals surface area contributed by atoms with Crippen LogP contribution in [-0.2, 0) is 9.59 Å². The summed E-state index contributed by atoms with van der Waals surface area (Å²) in [5.74, 6) is -0.0305. The number of carbonyl (C=O) groups is 3. The lowest BCUT2D eigenvalue weighted by molar-refractivity contribution is -0.130. The molecule has 2 amide bonds. The van der Waals surface area contributed by atoms with Crippen LogP contribution in [0.15, 0.2) is 47.2 Å². The van der Waals surface area contributed by atoms with Gasteiger partial charge in [0.05, 0.1) is 12.8 Å². The molecule has 4 rings (SSSR count). The number of hydrogen-bond donors (Lipinski definition) is 1. The first kappa shape index (κ1) is 20.9. The van der Waals surface area contributed by atoms with Crippen LogP contribution < -0.4 is 5.32 Å². The molecular weight excluding hydrogens is 418 g/mol. The van der Waals surface area contributed by atoms with Crippen molar-refractivity contribution in [2.24, 2.45) is 0 Å². The van der Waals surface area contributed by atoms with Gasteiger partial charge in [-0.25, -0.2) is 4.98 Å². The fourth-order valence-electron chi connectivity index (χ4n) is 3.30. The molecule has 31 heavy (non-hydrogen) atoms. The van der Waals surface area contributed by atoms with E-state index in [1.807, 2.05) is 4.90 Å². The summed E-state index contributed by atoms with van der Waals surface area (Å²) < 4.78 is 5.43. The number of hydrogen-bond acceptors (Lipinski definition) is 8. The zero-order chi connectivity index (χ0) is 21.8. The lowest BCUT2D eigenvalue weighted by Crippen LogP contribution is -2.49. The summed E-state index contributed by atoms with van der Waals surface area (Å²) >= 11 is 1.09. The van der Waals surface area contributed by atoms with Gasteiger partial charge in [0.2, 0.25) is 17.6 Å². The van der Waals surface area contributed by atoms with Crippen molar-refractivity contribution in [2.75, 3.05) is 38.0 Å². The molecule has 1 saturated heterocycles. The average molecular weight is 439 g/mol. The zero-order valence-electron chi connectivity index (χ0n) is 16.9. The van der Waals surface area contributed by atoms with Crippen molar-refractivity contribution in [2.45, 2.75) is 6.92 Å². The molecule has 1 aliphatic heterocycles. The van der Waals surface area contributed by atoms with Gasteiger partial charge in [0.15, 0.2) is 10.9 Å². The summed E-state index contributed by atoms with van der Waals surface area (Å²) in [6.07, 6.45) is 3.05. The summed E-state index contributed by atoms with van der Waals surface area (Å²) in [7, 11) is 0. The lowest BCUT2D eigenvalue weighted by Gasteiger charge is -2.33. The Morgan fingerprint density at radius 2 is 1.94 bits per heavy atom. The summed E-state index contributed by atoms with van der Waals surface area (Å²) in [4.78, 5) is 49.6. The predicted octanol–water partition coefficient (Wildman–Crippen LogP) is 2.13. The van der Waals surface area contributed by atoms with Gasteiger partial charge < -0.3 is 14.6 Å². The molecule has 1 fully saturated rings. The third-order valence-corrected chi connectivity index (χ3v) is 5.89. The van der Waals surface area contributed by atoms with E-state index in [0.29, 0.717) is 53.3 Å². The molecule has 0 bridgehead atoms. The van der Waals surface area contributed by atoms with E-state index in [1.165, 1.54) is 6.26 Å². The number of nitrogens with one attached hydrogen (secondary N) is 1. The Balaban J connectivity index is 1.48. The minimum atomic E-state index is -0.287. The summed E-state index contributed by atoms with van der Waals surface area (Å²) in [5, 5.41) is 3.10. The fourth-order valence-corrected chi connectivity index (χ4v) is 4.24. The number of furan rings is 1. The van der Waals surface area contributed by atoms with Crippen LogP contribution in [0, 0.1) is 0 Å². The Kier molecular flexibility index (Phi) is 6.19. The van der Waals surface area contributed by atoms with Crippen LogP contribution in [0.25, 0.3) is 11.5 Å². The first-order chi connectivity index (χ1) is 15.0. The number of anilines is 1. The standard InChI is InChI=1S/C21H21N5O4S/c1-14(27)26-10-8-25(9-11-26)13-17(28)23-21-24-18(16-6-4-12-30-16)20(31-21)19(29)15-5-2-3-7-22-15/h2-7,12H,8-11,13H2,1H3,(H,23,24,28). The van der Waals surface area contributed by atoms with Crippen molar-refractivity contribution in [1.29, 1.82) is 0 Å². The zero-order valence-corrected chi connectivity index (χ0v) is 17.7. The van der Waals surface area contributed by atoms with E-state index in [2.05, 4.69) is 15.3 Å². The summed E-state index contributed by atoms with van der Waals surface area (Å²) in [6.45, 7) is 4.20. The molecule has 0 spiro atoms. The van der Waals surface area contributed by atoms with Gasteiger partial charge in [-0.05, 0) is 24.3 Å². The van der Waals surface area contributed by atoms with Crippen molar-refractivity contribution >= 4 is 34.1 Å². The first-order valence-corrected chi connectivity index (χ1v) is 10.6. The second kappa shape index (κ2) is 9.19. The highest BCUT2D eigenvalue weighted by molar-refractivity contribution is 7.18. The van der Waals surface area contributed by atoms with Crippen molar-refractivity contribution in [3.05, 3.63) is 53.4 Å². The maximum Gasteiger partial charge on any atom is 0.240 e. The second-order valence-electron chi connectivity index (χ2n) is 7.05. The largest absolute Gasteiger partial charge is 0.463 e. The third kappa shape index (κ3) is 4.86. The number of rotatable bonds is 6. The van der Waals surface area contributed by atoms with Crippen molar-refractivity contribution < 1.29 is 18.8 Å². The highest BCUT2D eigenvalue weighted by Crippen LogP contribution is 2.33. The van der Waals surface area contributed by atoms with Crippen molar-refractivity contribution in [3.8, 4) is 11.5 Å². The number of nitrogens with zero attached hydrogens (tertiary/aromatic N) is 4. The normalized spacial score (nSPS) is 14.4. The lowest BCUT2D eigenvalue weighted by atomic mass is 10.1. The molecule has 0 atom stereocenters. The van der Waals surface area contributed by atoms with Gasteiger partial charge in [-0.2, -0.15) is 0 Å². The minimum absolute atomic E-state index is 0.0439. The maximum atomic E-state index is 13.0. The van der Waals surface area contributed by atoms with Crippen LogP contribution in [0.2, 0.25) is 0 Å². The maximum absolute atomic E-state index is 13.0. The average Bonchev–Trinajstić information content (AvgIpc) is 3.44. The molecule has 0 unspecified atom stereocenters. The highest BCUT2D eigenvalue weighted by Gasteiger charge is 2.25. The molecular formula is C21H21N5O4S. The quantitative estimate of drug-likeness (QED) is 0.586. The Morgan fingerprint density at radius 1 is 1.13 bits per heavy atom. The van der Waals surface area contributed by atoms with Gasteiger partial charge in [-0.1, -0.05) is 17.4 Å². The number of thiazole rings is 1. The molecule has 9 nitrogen and oxygen atoms in total. The molecule has 0 aliphatic carbocycles. The molecule has 3 aromatic heterocycles. The first-order valence-electron chi connectivity index (χ1n) is 9.79. The number of carbonyl (C=O) groups excluding carboxylic acids is 3. The van der Waals surface area contributed by atoms with E-state index in [1.54, 1.807) is 48.4 Å². The fraction of sp³-hybridized carbons (Fsp3) is 0.286.